The predicted octanol–water partition coefficient (Wildman–Crippen LogP) is 4.12. The highest BCUT2D eigenvalue weighted by Crippen LogP contribution is 2.24. The molecule has 1 heterocycles. The highest BCUT2D eigenvalue weighted by Gasteiger charge is 2.03. The molecule has 2 aromatic carbocycles. The van der Waals surface area contributed by atoms with Crippen LogP contribution in [0.3, 0.4) is 0 Å². The second-order valence-corrected chi connectivity index (χ2v) is 4.47. The van der Waals surface area contributed by atoms with E-state index in [1.165, 1.54) is 11.1 Å². The van der Waals surface area contributed by atoms with Gasteiger partial charge in [0.1, 0.15) is 0 Å². The van der Waals surface area contributed by atoms with Crippen molar-refractivity contribution in [3.05, 3.63) is 72.6 Å². The molecule has 0 unspecified atom stereocenters. The fraction of sp³-hybridized carbons (Fsp3) is 0.0588. The minimum absolute atomic E-state index is 0.776. The predicted molar refractivity (Wildman–Crippen MR) is 77.6 cm³/mol. The Bertz CT molecular complexity index is 690. The van der Waals surface area contributed by atoms with E-state index in [0.717, 1.165) is 17.1 Å². The molecule has 3 aromatic rings. The maximum absolute atomic E-state index is 4.47. The van der Waals surface area contributed by atoms with Crippen molar-refractivity contribution in [1.29, 1.82) is 0 Å². The molecule has 0 saturated carbocycles. The number of rotatable bonds is 2. The molecule has 0 radical (unpaired) electrons. The summed E-state index contributed by atoms with van der Waals surface area (Å²) in [7, 11) is 0. The highest BCUT2D eigenvalue weighted by atomic mass is 14.9. The number of aromatic nitrogens is 2. The van der Waals surface area contributed by atoms with E-state index in [4.69, 9.17) is 0 Å². The molecule has 3 rings (SSSR count). The molecule has 0 amide bonds. The topological polar surface area (TPSA) is 25.8 Å². The van der Waals surface area contributed by atoms with Gasteiger partial charge < -0.3 is 0 Å². The van der Waals surface area contributed by atoms with Crippen molar-refractivity contribution in [3.8, 4) is 22.5 Å². The van der Waals surface area contributed by atoms with Crippen LogP contribution < -0.4 is 0 Å². The van der Waals surface area contributed by atoms with Crippen LogP contribution in [0.4, 0.5) is 0 Å². The summed E-state index contributed by atoms with van der Waals surface area (Å²) in [4.78, 5) is 8.80. The van der Waals surface area contributed by atoms with Gasteiger partial charge in [-0.2, -0.15) is 0 Å². The van der Waals surface area contributed by atoms with Crippen LogP contribution in [0.15, 0.2) is 66.9 Å². The third kappa shape index (κ3) is 2.52. The Balaban J connectivity index is 2.06. The fourth-order valence-electron chi connectivity index (χ4n) is 2.06. The molecule has 0 aliphatic carbocycles. The van der Waals surface area contributed by atoms with Crippen LogP contribution in [-0.2, 0) is 0 Å². The van der Waals surface area contributed by atoms with E-state index in [9.17, 15) is 0 Å². The lowest BCUT2D eigenvalue weighted by Crippen LogP contribution is -1.90. The Morgan fingerprint density at radius 3 is 2.26 bits per heavy atom. The smallest absolute Gasteiger partial charge is 0.159 e. The average Bonchev–Trinajstić information content (AvgIpc) is 2.48. The first kappa shape index (κ1) is 11.6. The van der Waals surface area contributed by atoms with Gasteiger partial charge in [-0.1, -0.05) is 48.5 Å². The van der Waals surface area contributed by atoms with Crippen LogP contribution in [0.5, 0.6) is 0 Å². The number of benzene rings is 2. The SMILES string of the molecule is Cc1ccnc(-c2cccc(-c3ccccc3)c2)n1. The van der Waals surface area contributed by atoms with E-state index in [1.54, 1.807) is 6.20 Å². The average molecular weight is 246 g/mol. The molecule has 0 fully saturated rings. The van der Waals surface area contributed by atoms with Crippen LogP contribution in [0, 0.1) is 6.92 Å². The number of hydrogen-bond donors (Lipinski definition) is 0. The van der Waals surface area contributed by atoms with Crippen molar-refractivity contribution < 1.29 is 0 Å². The molecule has 2 nitrogen and oxygen atoms in total. The lowest BCUT2D eigenvalue weighted by molar-refractivity contribution is 1.11. The zero-order valence-corrected chi connectivity index (χ0v) is 10.7. The van der Waals surface area contributed by atoms with Gasteiger partial charge in [-0.05, 0) is 30.2 Å². The van der Waals surface area contributed by atoms with E-state index in [-0.39, 0.29) is 0 Å². The molecule has 0 saturated heterocycles. The Kier molecular flexibility index (Phi) is 3.07. The van der Waals surface area contributed by atoms with Gasteiger partial charge in [-0.25, -0.2) is 9.97 Å². The van der Waals surface area contributed by atoms with Crippen molar-refractivity contribution in [3.63, 3.8) is 0 Å². The van der Waals surface area contributed by atoms with Gasteiger partial charge in [0.05, 0.1) is 0 Å². The summed E-state index contributed by atoms with van der Waals surface area (Å²) < 4.78 is 0. The monoisotopic (exact) mass is 246 g/mol. The minimum Gasteiger partial charge on any atom is -0.237 e. The lowest BCUT2D eigenvalue weighted by atomic mass is 10.0. The van der Waals surface area contributed by atoms with Crippen molar-refractivity contribution in [2.24, 2.45) is 0 Å². The van der Waals surface area contributed by atoms with Gasteiger partial charge in [0, 0.05) is 17.5 Å². The lowest BCUT2D eigenvalue weighted by Gasteiger charge is -2.05. The van der Waals surface area contributed by atoms with E-state index in [1.807, 2.05) is 43.3 Å². The first-order valence-electron chi connectivity index (χ1n) is 6.28. The molecular formula is C17H14N2. The van der Waals surface area contributed by atoms with Gasteiger partial charge in [-0.3, -0.25) is 0 Å². The summed E-state index contributed by atoms with van der Waals surface area (Å²) in [5.74, 6) is 0.776. The molecule has 0 atom stereocenters. The maximum Gasteiger partial charge on any atom is 0.159 e. The second-order valence-electron chi connectivity index (χ2n) is 4.47. The number of hydrogen-bond acceptors (Lipinski definition) is 2. The summed E-state index contributed by atoms with van der Waals surface area (Å²) in [6, 6.07) is 20.6. The van der Waals surface area contributed by atoms with E-state index in [0.29, 0.717) is 0 Å². The number of nitrogens with zero attached hydrogens (tertiary/aromatic N) is 2. The Morgan fingerprint density at radius 1 is 0.737 bits per heavy atom. The van der Waals surface area contributed by atoms with Crippen molar-refractivity contribution in [1.82, 2.24) is 9.97 Å². The second kappa shape index (κ2) is 5.02. The molecule has 0 spiro atoms. The normalized spacial score (nSPS) is 10.4. The van der Waals surface area contributed by atoms with Crippen LogP contribution >= 0.6 is 0 Å². The molecular weight excluding hydrogens is 232 g/mol. The van der Waals surface area contributed by atoms with Crippen molar-refractivity contribution in [2.75, 3.05) is 0 Å². The summed E-state index contributed by atoms with van der Waals surface area (Å²) >= 11 is 0. The molecule has 92 valence electrons. The Labute approximate surface area is 112 Å². The summed E-state index contributed by atoms with van der Waals surface area (Å²) in [6.07, 6.45) is 1.80. The van der Waals surface area contributed by atoms with Crippen molar-refractivity contribution in [2.45, 2.75) is 6.92 Å². The zero-order valence-electron chi connectivity index (χ0n) is 10.7. The Hall–Kier alpha value is -2.48. The zero-order chi connectivity index (χ0) is 13.1. The Morgan fingerprint density at radius 2 is 1.47 bits per heavy atom. The molecule has 19 heavy (non-hydrogen) atoms. The summed E-state index contributed by atoms with van der Waals surface area (Å²) in [6.45, 7) is 1.98. The number of aryl methyl sites for hydroxylation is 1. The molecule has 0 aliphatic rings. The first-order valence-corrected chi connectivity index (χ1v) is 6.28. The highest BCUT2D eigenvalue weighted by molar-refractivity contribution is 5.70. The van der Waals surface area contributed by atoms with Gasteiger partial charge in [0.2, 0.25) is 0 Å². The van der Waals surface area contributed by atoms with Gasteiger partial charge in [0.15, 0.2) is 5.82 Å². The van der Waals surface area contributed by atoms with E-state index in [2.05, 4.69) is 34.2 Å². The summed E-state index contributed by atoms with van der Waals surface area (Å²) in [5.41, 5.74) is 4.42. The minimum atomic E-state index is 0.776. The standard InChI is InChI=1S/C17H14N2/c1-13-10-11-18-17(19-13)16-9-5-8-15(12-16)14-6-3-2-4-7-14/h2-12H,1H3. The third-order valence-corrected chi connectivity index (χ3v) is 3.02. The van der Waals surface area contributed by atoms with Gasteiger partial charge >= 0.3 is 0 Å². The molecule has 0 N–H and O–H groups in total. The van der Waals surface area contributed by atoms with Crippen LogP contribution in [0.1, 0.15) is 5.69 Å². The molecule has 2 heteroatoms. The molecule has 0 bridgehead atoms. The first-order chi connectivity index (χ1) is 9.33. The molecule has 0 aliphatic heterocycles. The third-order valence-electron chi connectivity index (χ3n) is 3.02. The summed E-state index contributed by atoms with van der Waals surface area (Å²) in [5, 5.41) is 0. The van der Waals surface area contributed by atoms with Gasteiger partial charge in [-0.15, -0.1) is 0 Å². The van der Waals surface area contributed by atoms with Crippen molar-refractivity contribution >= 4 is 0 Å². The van der Waals surface area contributed by atoms with E-state index >= 15 is 0 Å². The fourth-order valence-corrected chi connectivity index (χ4v) is 2.06. The van der Waals surface area contributed by atoms with Crippen LogP contribution in [-0.4, -0.2) is 9.97 Å². The maximum atomic E-state index is 4.47. The molecule has 1 aromatic heterocycles. The van der Waals surface area contributed by atoms with E-state index < -0.39 is 0 Å². The quantitative estimate of drug-likeness (QED) is 0.679. The van der Waals surface area contributed by atoms with Crippen LogP contribution in [0.2, 0.25) is 0 Å². The van der Waals surface area contributed by atoms with Crippen LogP contribution in [0.25, 0.3) is 22.5 Å². The largest absolute Gasteiger partial charge is 0.237 e. The van der Waals surface area contributed by atoms with Gasteiger partial charge in [0.25, 0.3) is 0 Å².